The molecule has 5 rings (SSSR count). The molecule has 0 bridgehead atoms. The highest BCUT2D eigenvalue weighted by atomic mass is 16.5. The minimum atomic E-state index is -0.405. The molecule has 0 spiro atoms. The van der Waals surface area contributed by atoms with Crippen molar-refractivity contribution >= 4 is 16.8 Å². The Hall–Kier alpha value is -2.10. The molecule has 1 aromatic carbocycles. The van der Waals surface area contributed by atoms with Crippen LogP contribution in [0.5, 0.6) is 0 Å². The van der Waals surface area contributed by atoms with E-state index in [0.717, 1.165) is 55.6 Å². The Labute approximate surface area is 183 Å². The van der Waals surface area contributed by atoms with Gasteiger partial charge in [0.05, 0.1) is 23.0 Å². The Kier molecular flexibility index (Phi) is 5.66. The molecule has 1 amide bonds. The fourth-order valence-electron chi connectivity index (χ4n) is 4.96. The Morgan fingerprint density at radius 1 is 1.23 bits per heavy atom. The highest BCUT2D eigenvalue weighted by Crippen LogP contribution is 2.29. The summed E-state index contributed by atoms with van der Waals surface area (Å²) in [5.74, 6) is -0.406. The second-order valence-electron chi connectivity index (χ2n) is 9.23. The third kappa shape index (κ3) is 4.18. The zero-order chi connectivity index (χ0) is 21.4. The third-order valence-corrected chi connectivity index (χ3v) is 6.82. The van der Waals surface area contributed by atoms with Gasteiger partial charge in [-0.15, -0.1) is 0 Å². The van der Waals surface area contributed by atoms with Crippen molar-refractivity contribution in [1.29, 1.82) is 0 Å². The smallest absolute Gasteiger partial charge is 0.234 e. The minimum absolute atomic E-state index is 0.00109. The fraction of sp³-hybridized carbons (Fsp3) is 0.565. The van der Waals surface area contributed by atoms with Crippen molar-refractivity contribution in [1.82, 2.24) is 31.2 Å². The van der Waals surface area contributed by atoms with Crippen molar-refractivity contribution in [2.24, 2.45) is 0 Å². The molecule has 0 aliphatic carbocycles. The van der Waals surface area contributed by atoms with E-state index in [1.54, 1.807) is 7.11 Å². The second kappa shape index (κ2) is 8.44. The highest BCUT2D eigenvalue weighted by Gasteiger charge is 2.47. The van der Waals surface area contributed by atoms with E-state index in [1.165, 1.54) is 0 Å². The van der Waals surface area contributed by atoms with E-state index < -0.39 is 5.92 Å². The first-order valence-corrected chi connectivity index (χ1v) is 11.2. The Bertz CT molecular complexity index is 941. The second-order valence-corrected chi connectivity index (χ2v) is 9.23. The summed E-state index contributed by atoms with van der Waals surface area (Å²) in [6.07, 6.45) is 1.81. The van der Waals surface area contributed by atoms with Gasteiger partial charge in [-0.2, -0.15) is 0 Å². The Balaban J connectivity index is 1.40. The van der Waals surface area contributed by atoms with E-state index in [4.69, 9.17) is 9.72 Å². The van der Waals surface area contributed by atoms with Crippen LogP contribution in [0.1, 0.15) is 31.4 Å². The first kappa shape index (κ1) is 20.8. The number of carbonyl (C=O) groups is 1. The van der Waals surface area contributed by atoms with Gasteiger partial charge >= 0.3 is 0 Å². The number of nitrogens with one attached hydrogen (secondary N) is 4. The number of fused-ring (bicyclic) bond motifs is 1. The van der Waals surface area contributed by atoms with Crippen LogP contribution in [0.25, 0.3) is 10.9 Å². The first-order chi connectivity index (χ1) is 15.0. The number of ether oxygens (including phenoxy) is 1. The van der Waals surface area contributed by atoms with Gasteiger partial charge in [0, 0.05) is 38.2 Å². The number of piperidine rings is 1. The van der Waals surface area contributed by atoms with Gasteiger partial charge in [-0.3, -0.25) is 25.3 Å². The number of aromatic nitrogens is 1. The maximum atomic E-state index is 13.4. The molecule has 31 heavy (non-hydrogen) atoms. The fourth-order valence-corrected chi connectivity index (χ4v) is 4.96. The molecule has 3 saturated heterocycles. The normalized spacial score (nSPS) is 31.2. The summed E-state index contributed by atoms with van der Waals surface area (Å²) in [7, 11) is 1.74. The van der Waals surface area contributed by atoms with Crippen LogP contribution < -0.4 is 21.3 Å². The summed E-state index contributed by atoms with van der Waals surface area (Å²) in [4.78, 5) is 20.4. The number of amides is 1. The molecule has 166 valence electrons. The number of rotatable bonds is 5. The molecular weight excluding hydrogens is 392 g/mol. The lowest BCUT2D eigenvalue weighted by molar-refractivity contribution is -0.153. The van der Waals surface area contributed by atoms with Crippen LogP contribution in [-0.4, -0.2) is 73.2 Å². The maximum absolute atomic E-state index is 13.4. The van der Waals surface area contributed by atoms with Crippen LogP contribution >= 0.6 is 0 Å². The molecule has 4 atom stereocenters. The lowest BCUT2D eigenvalue weighted by Crippen LogP contribution is -2.76. The lowest BCUT2D eigenvalue weighted by atomic mass is 9.93. The quantitative estimate of drug-likeness (QED) is 0.562. The van der Waals surface area contributed by atoms with Crippen LogP contribution in [-0.2, 0) is 9.53 Å². The third-order valence-electron chi connectivity index (χ3n) is 6.82. The van der Waals surface area contributed by atoms with Gasteiger partial charge in [-0.1, -0.05) is 24.3 Å². The van der Waals surface area contributed by atoms with Crippen molar-refractivity contribution in [3.8, 4) is 0 Å². The zero-order valence-electron chi connectivity index (χ0n) is 18.2. The molecular formula is C23H32N6O2. The van der Waals surface area contributed by atoms with Crippen LogP contribution in [0.3, 0.4) is 0 Å². The minimum Gasteiger partial charge on any atom is -0.376 e. The van der Waals surface area contributed by atoms with Gasteiger partial charge in [0.1, 0.15) is 12.2 Å². The molecule has 3 aliphatic rings. The number of hydrogen-bond acceptors (Lipinski definition) is 7. The molecule has 3 unspecified atom stereocenters. The number of para-hydroxylation sites is 1. The van der Waals surface area contributed by atoms with Crippen LogP contribution in [0.4, 0.5) is 0 Å². The number of pyridine rings is 1. The predicted octanol–water partition coefficient (Wildman–Crippen LogP) is 0.710. The lowest BCUT2D eigenvalue weighted by Gasteiger charge is -2.53. The number of methoxy groups -OCH3 is 1. The number of likely N-dealkylation sites (tertiary alicyclic amines) is 1. The summed E-state index contributed by atoms with van der Waals surface area (Å²) in [5.41, 5.74) is 1.54. The van der Waals surface area contributed by atoms with Gasteiger partial charge < -0.3 is 15.4 Å². The Morgan fingerprint density at radius 2 is 2.06 bits per heavy atom. The largest absolute Gasteiger partial charge is 0.376 e. The van der Waals surface area contributed by atoms with Crippen LogP contribution in [0.2, 0.25) is 0 Å². The molecule has 3 aliphatic heterocycles. The number of carbonyl (C=O) groups excluding carboxylic acids is 1. The summed E-state index contributed by atoms with van der Waals surface area (Å²) in [5, 5.41) is 15.1. The van der Waals surface area contributed by atoms with Gasteiger partial charge in [-0.05, 0) is 38.4 Å². The molecule has 4 heterocycles. The van der Waals surface area contributed by atoms with E-state index in [-0.39, 0.29) is 24.0 Å². The van der Waals surface area contributed by atoms with Crippen molar-refractivity contribution in [2.45, 2.75) is 49.8 Å². The first-order valence-electron chi connectivity index (χ1n) is 11.2. The molecule has 8 nitrogen and oxygen atoms in total. The van der Waals surface area contributed by atoms with E-state index in [1.807, 2.05) is 30.3 Å². The standard InChI is InChI=1S/C23H32N6O2/c1-23(31-2)13-29(14-23)22-27-20(25-16-7-5-11-24-12-16)19(21(30)28-22)18-10-9-15-6-3-4-8-17(15)26-18/h3-4,6,8-10,16,19-20,22,24-25,27H,5,7,11-14H2,1-2H3,(H,28,30)/t16-,19?,20?,22?/m1/s1. The Morgan fingerprint density at radius 3 is 2.84 bits per heavy atom. The summed E-state index contributed by atoms with van der Waals surface area (Å²) < 4.78 is 5.59. The average Bonchev–Trinajstić information content (AvgIpc) is 2.77. The predicted molar refractivity (Wildman–Crippen MR) is 119 cm³/mol. The van der Waals surface area contributed by atoms with Crippen molar-refractivity contribution in [3.05, 3.63) is 42.1 Å². The van der Waals surface area contributed by atoms with E-state index in [0.29, 0.717) is 6.04 Å². The van der Waals surface area contributed by atoms with Crippen LogP contribution in [0, 0.1) is 0 Å². The van der Waals surface area contributed by atoms with Gasteiger partial charge in [0.2, 0.25) is 5.91 Å². The number of hydrogen-bond donors (Lipinski definition) is 4. The average molecular weight is 425 g/mol. The van der Waals surface area contributed by atoms with Gasteiger partial charge in [-0.25, -0.2) is 0 Å². The molecule has 4 N–H and O–H groups in total. The molecule has 2 aromatic rings. The number of nitrogens with zero attached hydrogens (tertiary/aromatic N) is 2. The highest BCUT2D eigenvalue weighted by molar-refractivity contribution is 5.86. The molecule has 1 aromatic heterocycles. The summed E-state index contributed by atoms with van der Waals surface area (Å²) in [6, 6.07) is 12.4. The van der Waals surface area contributed by atoms with Gasteiger partial charge in [0.25, 0.3) is 0 Å². The maximum Gasteiger partial charge on any atom is 0.234 e. The zero-order valence-corrected chi connectivity index (χ0v) is 18.2. The summed E-state index contributed by atoms with van der Waals surface area (Å²) in [6.45, 7) is 5.61. The summed E-state index contributed by atoms with van der Waals surface area (Å²) >= 11 is 0. The SMILES string of the molecule is COC1(C)CN(C2NC(=O)C(c3ccc4ccccc4n3)C(N[C@@H]3CCCNC3)N2)C1. The van der Waals surface area contributed by atoms with E-state index in [9.17, 15) is 4.79 Å². The molecule has 3 fully saturated rings. The van der Waals surface area contributed by atoms with Gasteiger partial charge in [0.15, 0.2) is 0 Å². The number of benzene rings is 1. The van der Waals surface area contributed by atoms with Crippen molar-refractivity contribution in [2.75, 3.05) is 33.3 Å². The van der Waals surface area contributed by atoms with E-state index >= 15 is 0 Å². The topological polar surface area (TPSA) is 90.5 Å². The molecule has 0 radical (unpaired) electrons. The van der Waals surface area contributed by atoms with Crippen molar-refractivity contribution in [3.63, 3.8) is 0 Å². The molecule has 0 saturated carbocycles. The van der Waals surface area contributed by atoms with Crippen molar-refractivity contribution < 1.29 is 9.53 Å². The van der Waals surface area contributed by atoms with E-state index in [2.05, 4.69) is 39.2 Å². The monoisotopic (exact) mass is 424 g/mol. The molecule has 8 heteroatoms. The van der Waals surface area contributed by atoms with Crippen LogP contribution in [0.15, 0.2) is 36.4 Å².